The molecule has 5 nitrogen and oxygen atoms in total. The number of aromatic nitrogens is 1. The molecule has 1 aromatic heterocycles. The highest BCUT2D eigenvalue weighted by Gasteiger charge is 2.41. The van der Waals surface area contributed by atoms with Crippen LogP contribution in [0.1, 0.15) is 29.6 Å². The maximum atomic E-state index is 13.0. The Hall–Kier alpha value is -1.69. The summed E-state index contributed by atoms with van der Waals surface area (Å²) in [6.45, 7) is 1.32. The van der Waals surface area contributed by atoms with E-state index in [1.165, 1.54) is 0 Å². The van der Waals surface area contributed by atoms with Gasteiger partial charge < -0.3 is 15.2 Å². The molecule has 0 radical (unpaired) electrons. The molecule has 2 N–H and O–H groups in total. The molecule has 2 rings (SSSR count). The molecule has 1 fully saturated rings. The molecular formula is C13H17FN2O3. The van der Waals surface area contributed by atoms with E-state index in [-0.39, 0.29) is 16.8 Å². The zero-order chi connectivity index (χ0) is 13.9. The van der Waals surface area contributed by atoms with Crippen LogP contribution in [0.5, 0.6) is 0 Å². The van der Waals surface area contributed by atoms with Crippen LogP contribution in [-0.2, 0) is 4.74 Å². The van der Waals surface area contributed by atoms with Crippen molar-refractivity contribution in [2.75, 3.05) is 25.6 Å². The molecule has 0 unspecified atom stereocenters. The van der Waals surface area contributed by atoms with Crippen molar-refractivity contribution in [1.29, 1.82) is 0 Å². The number of hydrogen-bond acceptors (Lipinski definition) is 4. The molecule has 0 saturated heterocycles. The molecule has 6 heteroatoms. The van der Waals surface area contributed by atoms with Crippen LogP contribution in [0, 0.1) is 11.2 Å². The van der Waals surface area contributed by atoms with Gasteiger partial charge in [0.05, 0.1) is 6.20 Å². The highest BCUT2D eigenvalue weighted by Crippen LogP contribution is 2.48. The van der Waals surface area contributed by atoms with Crippen molar-refractivity contribution in [1.82, 2.24) is 4.98 Å². The third-order valence-electron chi connectivity index (χ3n) is 3.51. The number of rotatable bonds is 7. The Morgan fingerprint density at radius 1 is 1.63 bits per heavy atom. The summed E-state index contributed by atoms with van der Waals surface area (Å²) in [6.07, 6.45) is 4.13. The van der Waals surface area contributed by atoms with Crippen molar-refractivity contribution in [3.8, 4) is 0 Å². The molecule has 0 bridgehead atoms. The zero-order valence-electron chi connectivity index (χ0n) is 10.8. The summed E-state index contributed by atoms with van der Waals surface area (Å²) in [5.41, 5.74) is 0.0320. The Morgan fingerprint density at radius 3 is 2.95 bits per heavy atom. The minimum absolute atomic E-state index is 0.137. The van der Waals surface area contributed by atoms with Crippen LogP contribution in [0.3, 0.4) is 0 Å². The zero-order valence-corrected chi connectivity index (χ0v) is 10.8. The van der Waals surface area contributed by atoms with Gasteiger partial charge in [-0.1, -0.05) is 0 Å². The van der Waals surface area contributed by atoms with E-state index in [2.05, 4.69) is 10.3 Å². The molecule has 1 aromatic rings. The number of ether oxygens (including phenoxy) is 1. The fourth-order valence-electron chi connectivity index (χ4n) is 2.02. The first-order valence-corrected chi connectivity index (χ1v) is 6.18. The smallest absolute Gasteiger partial charge is 0.339 e. The van der Waals surface area contributed by atoms with Gasteiger partial charge in [-0.25, -0.2) is 14.2 Å². The quantitative estimate of drug-likeness (QED) is 0.792. The topological polar surface area (TPSA) is 71.5 Å². The second-order valence-corrected chi connectivity index (χ2v) is 4.95. The van der Waals surface area contributed by atoms with Gasteiger partial charge in [0.2, 0.25) is 0 Å². The summed E-state index contributed by atoms with van der Waals surface area (Å²) in [4.78, 5) is 14.8. The molecule has 1 saturated carbocycles. The van der Waals surface area contributed by atoms with Gasteiger partial charge in [0.25, 0.3) is 0 Å². The normalized spacial score (nSPS) is 16.1. The maximum absolute atomic E-state index is 13.0. The number of aromatic carboxylic acids is 1. The number of halogens is 1. The number of carboxylic acid groups (broad SMARTS) is 1. The molecule has 0 aliphatic heterocycles. The highest BCUT2D eigenvalue weighted by molar-refractivity contribution is 5.93. The first-order chi connectivity index (χ1) is 9.06. The van der Waals surface area contributed by atoms with Gasteiger partial charge in [0.1, 0.15) is 17.2 Å². The number of nitrogens with zero attached hydrogens (tertiary/aromatic N) is 1. The largest absolute Gasteiger partial charge is 0.478 e. The Bertz CT molecular complexity index is 475. The van der Waals surface area contributed by atoms with Crippen molar-refractivity contribution >= 4 is 11.8 Å². The van der Waals surface area contributed by atoms with Gasteiger partial charge >= 0.3 is 5.97 Å². The van der Waals surface area contributed by atoms with Crippen molar-refractivity contribution in [2.45, 2.75) is 19.3 Å². The number of methoxy groups -OCH3 is 1. The van der Waals surface area contributed by atoms with Crippen LogP contribution in [-0.4, -0.2) is 36.3 Å². The van der Waals surface area contributed by atoms with Crippen LogP contribution >= 0.6 is 0 Å². The summed E-state index contributed by atoms with van der Waals surface area (Å²) in [7, 11) is 1.66. The summed E-state index contributed by atoms with van der Waals surface area (Å²) >= 11 is 0. The highest BCUT2D eigenvalue weighted by atomic mass is 19.1. The standard InChI is InChI=1S/C13H17FN2O3/c1-19-5-4-13(2-3-13)8-16-11-10(12(17)18)6-9(14)7-15-11/h6-7H,2-5,8H2,1H3,(H,15,16)(H,17,18). The lowest BCUT2D eigenvalue weighted by Crippen LogP contribution is -2.19. The van der Waals surface area contributed by atoms with Crippen LogP contribution in [0.2, 0.25) is 0 Å². The Morgan fingerprint density at radius 2 is 2.37 bits per heavy atom. The molecule has 1 aliphatic carbocycles. The van der Waals surface area contributed by atoms with E-state index in [0.717, 1.165) is 31.5 Å². The van der Waals surface area contributed by atoms with E-state index in [0.29, 0.717) is 13.2 Å². The molecule has 0 amide bonds. The van der Waals surface area contributed by atoms with Crippen LogP contribution in [0.4, 0.5) is 10.2 Å². The van der Waals surface area contributed by atoms with Gasteiger partial charge in [-0.3, -0.25) is 0 Å². The van der Waals surface area contributed by atoms with Gasteiger partial charge in [-0.2, -0.15) is 0 Å². The Balaban J connectivity index is 2.01. The van der Waals surface area contributed by atoms with Gasteiger partial charge in [-0.15, -0.1) is 0 Å². The molecule has 0 atom stereocenters. The van der Waals surface area contributed by atoms with E-state index in [4.69, 9.17) is 9.84 Å². The lowest BCUT2D eigenvalue weighted by Gasteiger charge is -2.16. The molecule has 1 aliphatic rings. The van der Waals surface area contributed by atoms with Gasteiger partial charge in [0.15, 0.2) is 0 Å². The third-order valence-corrected chi connectivity index (χ3v) is 3.51. The van der Waals surface area contributed by atoms with E-state index in [1.54, 1.807) is 7.11 Å². The lowest BCUT2D eigenvalue weighted by molar-refractivity contribution is 0.0697. The average molecular weight is 268 g/mol. The summed E-state index contributed by atoms with van der Waals surface area (Å²) in [5.74, 6) is -1.61. The molecule has 19 heavy (non-hydrogen) atoms. The first-order valence-electron chi connectivity index (χ1n) is 6.18. The number of carbonyl (C=O) groups is 1. The predicted molar refractivity (Wildman–Crippen MR) is 67.8 cm³/mol. The van der Waals surface area contributed by atoms with Gasteiger partial charge in [-0.05, 0) is 30.7 Å². The van der Waals surface area contributed by atoms with Crippen molar-refractivity contribution < 1.29 is 19.0 Å². The van der Waals surface area contributed by atoms with Crippen LogP contribution in [0.25, 0.3) is 0 Å². The SMILES string of the molecule is COCCC1(CNc2ncc(F)cc2C(=O)O)CC1. The van der Waals surface area contributed by atoms with Crippen molar-refractivity contribution in [2.24, 2.45) is 5.41 Å². The number of hydrogen-bond donors (Lipinski definition) is 2. The Labute approximate surface area is 110 Å². The maximum Gasteiger partial charge on any atom is 0.339 e. The molecule has 1 heterocycles. The third kappa shape index (κ3) is 3.41. The second-order valence-electron chi connectivity index (χ2n) is 4.95. The average Bonchev–Trinajstić information content (AvgIpc) is 3.15. The van der Waals surface area contributed by atoms with Crippen LogP contribution in [0.15, 0.2) is 12.3 Å². The first kappa shape index (κ1) is 13.7. The summed E-state index contributed by atoms with van der Waals surface area (Å²) in [6, 6.07) is 0.979. The fourth-order valence-corrected chi connectivity index (χ4v) is 2.02. The monoisotopic (exact) mass is 268 g/mol. The van der Waals surface area contributed by atoms with E-state index in [1.807, 2.05) is 0 Å². The molecular weight excluding hydrogens is 251 g/mol. The predicted octanol–water partition coefficient (Wildman–Crippen LogP) is 2.15. The fraction of sp³-hybridized carbons (Fsp3) is 0.538. The number of carboxylic acids is 1. The van der Waals surface area contributed by atoms with E-state index in [9.17, 15) is 9.18 Å². The number of nitrogens with one attached hydrogen (secondary N) is 1. The van der Waals surface area contributed by atoms with Crippen molar-refractivity contribution in [3.63, 3.8) is 0 Å². The molecule has 0 aromatic carbocycles. The van der Waals surface area contributed by atoms with Crippen molar-refractivity contribution in [3.05, 3.63) is 23.6 Å². The number of anilines is 1. The minimum Gasteiger partial charge on any atom is -0.478 e. The minimum atomic E-state index is -1.18. The summed E-state index contributed by atoms with van der Waals surface area (Å²) < 4.78 is 18.1. The summed E-state index contributed by atoms with van der Waals surface area (Å²) in [5, 5.41) is 12.0. The van der Waals surface area contributed by atoms with E-state index < -0.39 is 11.8 Å². The number of pyridine rings is 1. The van der Waals surface area contributed by atoms with Crippen LogP contribution < -0.4 is 5.32 Å². The molecule has 0 spiro atoms. The van der Waals surface area contributed by atoms with E-state index >= 15 is 0 Å². The Kier molecular flexibility index (Phi) is 3.99. The van der Waals surface area contributed by atoms with Gasteiger partial charge in [0, 0.05) is 20.3 Å². The molecule has 104 valence electrons. The second kappa shape index (κ2) is 5.52. The lowest BCUT2D eigenvalue weighted by atomic mass is 10.0.